The molecule has 1 saturated carbocycles. The minimum Gasteiger partial charge on any atom is -0.476 e. The lowest BCUT2D eigenvalue weighted by molar-refractivity contribution is -0.127. The number of amides is 1. The van der Waals surface area contributed by atoms with Crippen LogP contribution < -0.4 is 11.1 Å². The average Bonchev–Trinajstić information content (AvgIpc) is 2.88. The monoisotopic (exact) mass is 297 g/mol. The molecule has 1 fully saturated rings. The minimum absolute atomic E-state index is 0.0143. The van der Waals surface area contributed by atoms with Gasteiger partial charge < -0.3 is 16.2 Å². The SMILES string of the molecule is CC(NC(=O)C1CCCCC1N)c1nc(C(=O)O)cs1. The first-order chi connectivity index (χ1) is 9.49. The third-order valence-corrected chi connectivity index (χ3v) is 4.65. The molecular formula is C13H19N3O3S. The molecule has 20 heavy (non-hydrogen) atoms. The number of nitrogens with zero attached hydrogens (tertiary/aromatic N) is 1. The number of nitrogens with two attached hydrogens (primary N) is 1. The highest BCUT2D eigenvalue weighted by atomic mass is 32.1. The normalized spacial score (nSPS) is 24.1. The summed E-state index contributed by atoms with van der Waals surface area (Å²) in [6.45, 7) is 1.80. The van der Waals surface area contributed by atoms with E-state index in [-0.39, 0.29) is 29.6 Å². The summed E-state index contributed by atoms with van der Waals surface area (Å²) < 4.78 is 0. The molecule has 7 heteroatoms. The molecule has 0 bridgehead atoms. The second-order valence-corrected chi connectivity index (χ2v) is 6.05. The van der Waals surface area contributed by atoms with Gasteiger partial charge in [0, 0.05) is 11.4 Å². The van der Waals surface area contributed by atoms with Crippen molar-refractivity contribution in [3.8, 4) is 0 Å². The van der Waals surface area contributed by atoms with Gasteiger partial charge >= 0.3 is 5.97 Å². The van der Waals surface area contributed by atoms with Crippen LogP contribution in [0.1, 0.15) is 54.1 Å². The second kappa shape index (κ2) is 6.32. The Labute approximate surface area is 121 Å². The maximum absolute atomic E-state index is 12.2. The van der Waals surface area contributed by atoms with Crippen LogP contribution in [0.2, 0.25) is 0 Å². The van der Waals surface area contributed by atoms with Gasteiger partial charge in [0.2, 0.25) is 5.91 Å². The van der Waals surface area contributed by atoms with Crippen LogP contribution in [0.3, 0.4) is 0 Å². The first-order valence-corrected chi connectivity index (χ1v) is 7.61. The third-order valence-electron chi connectivity index (χ3n) is 3.63. The van der Waals surface area contributed by atoms with Gasteiger partial charge in [-0.15, -0.1) is 11.3 Å². The summed E-state index contributed by atoms with van der Waals surface area (Å²) in [6.07, 6.45) is 3.81. The number of aromatic carboxylic acids is 1. The van der Waals surface area contributed by atoms with Gasteiger partial charge in [-0.05, 0) is 19.8 Å². The van der Waals surface area contributed by atoms with E-state index in [4.69, 9.17) is 10.8 Å². The van der Waals surface area contributed by atoms with Crippen LogP contribution in [0.15, 0.2) is 5.38 Å². The fourth-order valence-electron chi connectivity index (χ4n) is 2.45. The van der Waals surface area contributed by atoms with E-state index in [0.717, 1.165) is 25.7 Å². The standard InChI is InChI=1S/C13H19N3O3S/c1-7(12-16-10(6-20-12)13(18)19)15-11(17)8-4-2-3-5-9(8)14/h6-9H,2-5,14H2,1H3,(H,15,17)(H,18,19). The molecule has 1 heterocycles. The summed E-state index contributed by atoms with van der Waals surface area (Å²) in [5.41, 5.74) is 6.00. The number of rotatable bonds is 4. The average molecular weight is 297 g/mol. The van der Waals surface area contributed by atoms with E-state index in [1.807, 2.05) is 0 Å². The molecule has 110 valence electrons. The fourth-order valence-corrected chi connectivity index (χ4v) is 3.25. The van der Waals surface area contributed by atoms with Crippen molar-refractivity contribution in [3.05, 3.63) is 16.1 Å². The van der Waals surface area contributed by atoms with Gasteiger partial charge in [-0.3, -0.25) is 4.79 Å². The summed E-state index contributed by atoms with van der Waals surface area (Å²) in [7, 11) is 0. The van der Waals surface area contributed by atoms with Gasteiger partial charge in [-0.1, -0.05) is 12.8 Å². The van der Waals surface area contributed by atoms with Crippen LogP contribution in [0.5, 0.6) is 0 Å². The highest BCUT2D eigenvalue weighted by molar-refractivity contribution is 7.09. The Morgan fingerprint density at radius 3 is 2.80 bits per heavy atom. The van der Waals surface area contributed by atoms with Crippen molar-refractivity contribution in [2.75, 3.05) is 0 Å². The lowest BCUT2D eigenvalue weighted by Crippen LogP contribution is -2.44. The zero-order valence-corrected chi connectivity index (χ0v) is 12.2. The van der Waals surface area contributed by atoms with E-state index in [1.54, 1.807) is 6.92 Å². The molecule has 0 spiro atoms. The fraction of sp³-hybridized carbons (Fsp3) is 0.615. The van der Waals surface area contributed by atoms with Crippen molar-refractivity contribution in [3.63, 3.8) is 0 Å². The minimum atomic E-state index is -1.06. The zero-order valence-electron chi connectivity index (χ0n) is 11.3. The van der Waals surface area contributed by atoms with E-state index in [9.17, 15) is 9.59 Å². The predicted molar refractivity (Wildman–Crippen MR) is 75.6 cm³/mol. The van der Waals surface area contributed by atoms with E-state index < -0.39 is 5.97 Å². The molecule has 1 aromatic rings. The Morgan fingerprint density at radius 2 is 2.20 bits per heavy atom. The first-order valence-electron chi connectivity index (χ1n) is 6.73. The largest absolute Gasteiger partial charge is 0.476 e. The first kappa shape index (κ1) is 14.9. The molecule has 0 aliphatic heterocycles. The number of nitrogens with one attached hydrogen (secondary N) is 1. The lowest BCUT2D eigenvalue weighted by atomic mass is 9.84. The molecule has 0 radical (unpaired) electrons. The van der Waals surface area contributed by atoms with Crippen molar-refractivity contribution in [1.29, 1.82) is 0 Å². The summed E-state index contributed by atoms with van der Waals surface area (Å²) in [5.74, 6) is -1.26. The Morgan fingerprint density at radius 1 is 1.50 bits per heavy atom. The van der Waals surface area contributed by atoms with Crippen LogP contribution >= 0.6 is 11.3 Å². The van der Waals surface area contributed by atoms with Crippen LogP contribution in [-0.4, -0.2) is 28.0 Å². The number of carbonyl (C=O) groups excluding carboxylic acids is 1. The van der Waals surface area contributed by atoms with Gasteiger partial charge in [-0.25, -0.2) is 9.78 Å². The summed E-state index contributed by atoms with van der Waals surface area (Å²) in [4.78, 5) is 27.0. The van der Waals surface area contributed by atoms with Crippen molar-refractivity contribution in [2.45, 2.75) is 44.7 Å². The van der Waals surface area contributed by atoms with Crippen LogP contribution in [0.25, 0.3) is 0 Å². The van der Waals surface area contributed by atoms with E-state index in [1.165, 1.54) is 16.7 Å². The maximum atomic E-state index is 12.2. The zero-order chi connectivity index (χ0) is 14.7. The number of carboxylic acid groups (broad SMARTS) is 1. The van der Waals surface area contributed by atoms with Gasteiger partial charge in [0.15, 0.2) is 5.69 Å². The topological polar surface area (TPSA) is 105 Å². The van der Waals surface area contributed by atoms with Crippen molar-refractivity contribution in [2.24, 2.45) is 11.7 Å². The Hall–Kier alpha value is -1.47. The molecule has 4 N–H and O–H groups in total. The Bertz CT molecular complexity index is 503. The molecule has 6 nitrogen and oxygen atoms in total. The number of thiazole rings is 1. The van der Waals surface area contributed by atoms with Crippen LogP contribution in [-0.2, 0) is 4.79 Å². The van der Waals surface area contributed by atoms with Crippen molar-refractivity contribution < 1.29 is 14.7 Å². The molecule has 0 aromatic carbocycles. The summed E-state index contributed by atoms with van der Waals surface area (Å²) >= 11 is 1.24. The van der Waals surface area contributed by atoms with E-state index in [0.29, 0.717) is 5.01 Å². The Kier molecular flexibility index (Phi) is 4.72. The van der Waals surface area contributed by atoms with Gasteiger partial charge in [0.05, 0.1) is 12.0 Å². The van der Waals surface area contributed by atoms with E-state index in [2.05, 4.69) is 10.3 Å². The van der Waals surface area contributed by atoms with E-state index >= 15 is 0 Å². The molecule has 1 aliphatic carbocycles. The molecule has 3 unspecified atom stereocenters. The number of hydrogen-bond donors (Lipinski definition) is 3. The lowest BCUT2D eigenvalue weighted by Gasteiger charge is -2.28. The quantitative estimate of drug-likeness (QED) is 0.781. The molecular weight excluding hydrogens is 278 g/mol. The molecule has 2 rings (SSSR count). The smallest absolute Gasteiger partial charge is 0.355 e. The number of carbonyl (C=O) groups is 2. The van der Waals surface area contributed by atoms with Gasteiger partial charge in [0.1, 0.15) is 5.01 Å². The number of hydrogen-bond acceptors (Lipinski definition) is 5. The second-order valence-electron chi connectivity index (χ2n) is 5.16. The molecule has 0 saturated heterocycles. The predicted octanol–water partition coefficient (Wildman–Crippen LogP) is 1.54. The molecule has 1 amide bonds. The third kappa shape index (κ3) is 3.34. The van der Waals surface area contributed by atoms with Crippen molar-refractivity contribution >= 4 is 23.2 Å². The summed E-state index contributed by atoms with van der Waals surface area (Å²) in [5, 5.41) is 13.8. The van der Waals surface area contributed by atoms with Gasteiger partial charge in [-0.2, -0.15) is 0 Å². The number of carboxylic acids is 1. The van der Waals surface area contributed by atoms with Crippen molar-refractivity contribution in [1.82, 2.24) is 10.3 Å². The molecule has 1 aromatic heterocycles. The van der Waals surface area contributed by atoms with Gasteiger partial charge in [0.25, 0.3) is 0 Å². The summed E-state index contributed by atoms with van der Waals surface area (Å²) in [6, 6.07) is -0.378. The van der Waals surface area contributed by atoms with Crippen LogP contribution in [0, 0.1) is 5.92 Å². The highest BCUT2D eigenvalue weighted by Gasteiger charge is 2.29. The molecule has 3 atom stereocenters. The molecule has 1 aliphatic rings. The maximum Gasteiger partial charge on any atom is 0.355 e. The highest BCUT2D eigenvalue weighted by Crippen LogP contribution is 2.25. The Balaban J connectivity index is 1.97. The number of aromatic nitrogens is 1. The van der Waals surface area contributed by atoms with Crippen LogP contribution in [0.4, 0.5) is 0 Å².